The number of carboxylic acid groups (broad SMARTS) is 1. The van der Waals surface area contributed by atoms with Crippen LogP contribution in [0.1, 0.15) is 32.8 Å². The molecule has 1 heterocycles. The average molecular weight is 365 g/mol. The van der Waals surface area contributed by atoms with Crippen LogP contribution in [0.3, 0.4) is 0 Å². The minimum absolute atomic E-state index is 0.123. The fourth-order valence-corrected chi connectivity index (χ4v) is 3.88. The molecule has 1 unspecified atom stereocenters. The number of nitrogens with zero attached hydrogens (tertiary/aromatic N) is 1. The van der Waals surface area contributed by atoms with Crippen molar-refractivity contribution in [3.8, 4) is 5.75 Å². The van der Waals surface area contributed by atoms with Crippen LogP contribution in [-0.4, -0.2) is 37.4 Å². The quantitative estimate of drug-likeness (QED) is 0.614. The summed E-state index contributed by atoms with van der Waals surface area (Å²) in [7, 11) is 0. The second kappa shape index (κ2) is 7.36. The summed E-state index contributed by atoms with van der Waals surface area (Å²) < 4.78 is 0.265. The number of carboxylic acids is 1. The molecule has 1 aromatic rings. The number of phenolic OH excluding ortho intramolecular Hbond substituents is 1. The van der Waals surface area contributed by atoms with Gasteiger partial charge >= 0.3 is 5.97 Å². The molecule has 1 aliphatic heterocycles. The summed E-state index contributed by atoms with van der Waals surface area (Å²) >= 11 is 6.39. The maximum absolute atomic E-state index is 12.8. The number of rotatable bonds is 5. The van der Waals surface area contributed by atoms with Crippen molar-refractivity contribution in [3.05, 3.63) is 34.7 Å². The molecule has 0 aliphatic carbocycles. The molecule has 0 radical (unpaired) electrons. The number of aliphatic carboxylic acids is 1. The summed E-state index contributed by atoms with van der Waals surface area (Å²) in [6, 6.07) is 5.54. The van der Waals surface area contributed by atoms with E-state index in [1.807, 2.05) is 13.8 Å². The van der Waals surface area contributed by atoms with Crippen LogP contribution in [0.15, 0.2) is 29.2 Å². The highest BCUT2D eigenvalue weighted by Gasteiger charge is 2.41. The summed E-state index contributed by atoms with van der Waals surface area (Å²) in [4.78, 5) is 26.0. The van der Waals surface area contributed by atoms with Crippen LogP contribution in [0.25, 0.3) is 5.57 Å². The van der Waals surface area contributed by atoms with E-state index in [4.69, 9.17) is 12.2 Å². The molecule has 1 aromatic carbocycles. The van der Waals surface area contributed by atoms with Gasteiger partial charge in [0.25, 0.3) is 5.91 Å². The zero-order valence-electron chi connectivity index (χ0n) is 13.6. The summed E-state index contributed by atoms with van der Waals surface area (Å²) in [6.07, 6.45) is 0.341. The monoisotopic (exact) mass is 365 g/mol. The van der Waals surface area contributed by atoms with E-state index in [2.05, 4.69) is 0 Å². The van der Waals surface area contributed by atoms with Crippen molar-refractivity contribution in [2.24, 2.45) is 5.92 Å². The van der Waals surface area contributed by atoms with Crippen molar-refractivity contribution in [3.63, 3.8) is 0 Å². The number of hydrogen-bond acceptors (Lipinski definition) is 5. The van der Waals surface area contributed by atoms with Crippen LogP contribution in [0, 0.1) is 5.92 Å². The lowest BCUT2D eigenvalue weighted by atomic mass is 10.0. The predicted molar refractivity (Wildman–Crippen MR) is 98.6 cm³/mol. The van der Waals surface area contributed by atoms with Gasteiger partial charge in [-0.3, -0.25) is 9.69 Å². The van der Waals surface area contributed by atoms with Crippen molar-refractivity contribution in [2.45, 2.75) is 33.2 Å². The number of phenols is 1. The third-order valence-electron chi connectivity index (χ3n) is 3.73. The number of hydrogen-bond donors (Lipinski definition) is 2. The molecule has 1 aliphatic rings. The third-order valence-corrected chi connectivity index (χ3v) is 5.23. The van der Waals surface area contributed by atoms with Crippen LogP contribution in [0.5, 0.6) is 5.75 Å². The zero-order valence-corrected chi connectivity index (χ0v) is 15.3. The first-order chi connectivity index (χ1) is 11.2. The fourth-order valence-electron chi connectivity index (χ4n) is 2.48. The number of carbonyl (C=O) groups excluding carboxylic acids is 1. The first kappa shape index (κ1) is 18.5. The molecule has 1 saturated heterocycles. The van der Waals surface area contributed by atoms with E-state index < -0.39 is 12.0 Å². The Morgan fingerprint density at radius 1 is 1.29 bits per heavy atom. The Hall–Kier alpha value is -1.86. The highest BCUT2D eigenvalue weighted by Crippen LogP contribution is 2.38. The molecule has 1 atom stereocenters. The topological polar surface area (TPSA) is 77.8 Å². The Labute approximate surface area is 150 Å². The highest BCUT2D eigenvalue weighted by molar-refractivity contribution is 8.26. The van der Waals surface area contributed by atoms with Crippen LogP contribution in [0.4, 0.5) is 0 Å². The molecule has 7 heteroatoms. The van der Waals surface area contributed by atoms with E-state index in [0.29, 0.717) is 16.9 Å². The number of allylic oxidation sites excluding steroid dienone is 1. The smallest absolute Gasteiger partial charge is 0.326 e. The molecular weight excluding hydrogens is 346 g/mol. The van der Waals surface area contributed by atoms with Gasteiger partial charge in [-0.2, -0.15) is 0 Å². The van der Waals surface area contributed by atoms with Gasteiger partial charge in [-0.25, -0.2) is 4.79 Å². The zero-order chi connectivity index (χ0) is 18.0. The van der Waals surface area contributed by atoms with Gasteiger partial charge < -0.3 is 10.2 Å². The van der Waals surface area contributed by atoms with Gasteiger partial charge in [-0.15, -0.1) is 0 Å². The molecular formula is C17H19NO4S2. The second-order valence-electron chi connectivity index (χ2n) is 6.03. The van der Waals surface area contributed by atoms with Crippen LogP contribution < -0.4 is 0 Å². The molecule has 0 saturated carbocycles. The molecule has 128 valence electrons. The van der Waals surface area contributed by atoms with Crippen LogP contribution in [-0.2, 0) is 9.59 Å². The summed E-state index contributed by atoms with van der Waals surface area (Å²) in [5, 5.41) is 18.9. The number of thioether (sulfide) groups is 1. The lowest BCUT2D eigenvalue weighted by Gasteiger charge is -2.24. The van der Waals surface area contributed by atoms with Crippen molar-refractivity contribution >= 4 is 45.7 Å². The molecule has 0 spiro atoms. The van der Waals surface area contributed by atoms with E-state index in [1.54, 1.807) is 31.2 Å². The maximum Gasteiger partial charge on any atom is 0.326 e. The predicted octanol–water partition coefficient (Wildman–Crippen LogP) is 3.48. The Morgan fingerprint density at radius 3 is 2.38 bits per heavy atom. The lowest BCUT2D eigenvalue weighted by molar-refractivity contribution is -0.145. The fraction of sp³-hybridized carbons (Fsp3) is 0.353. The molecule has 1 fully saturated rings. The standard InChI is InChI=1S/C17H19NO4S2/c1-9(2)8-13(16(21)22)18-15(20)14(24-17(18)23)10(3)11-4-6-12(19)7-5-11/h4-7,9,13,19H,8H2,1-3H3,(H,21,22)/b14-10-. The van der Waals surface area contributed by atoms with E-state index in [9.17, 15) is 19.8 Å². The van der Waals surface area contributed by atoms with Crippen molar-refractivity contribution in [1.29, 1.82) is 0 Å². The van der Waals surface area contributed by atoms with Gasteiger partial charge in [0.1, 0.15) is 16.1 Å². The van der Waals surface area contributed by atoms with Gasteiger partial charge in [-0.05, 0) is 42.5 Å². The molecule has 0 aromatic heterocycles. The molecule has 24 heavy (non-hydrogen) atoms. The molecule has 0 bridgehead atoms. The maximum atomic E-state index is 12.8. The second-order valence-corrected chi connectivity index (χ2v) is 7.67. The summed E-state index contributed by atoms with van der Waals surface area (Å²) in [5.41, 5.74) is 1.49. The number of amides is 1. The SMILES string of the molecule is C/C(=C1/SC(=S)N(C(CC(C)C)C(=O)O)C1=O)c1ccc(O)cc1. The van der Waals surface area contributed by atoms with Crippen molar-refractivity contribution in [2.75, 3.05) is 0 Å². The Bertz CT molecular complexity index is 710. The summed E-state index contributed by atoms with van der Waals surface area (Å²) in [6.45, 7) is 5.60. The lowest BCUT2D eigenvalue weighted by Crippen LogP contribution is -2.44. The first-order valence-electron chi connectivity index (χ1n) is 7.50. The van der Waals surface area contributed by atoms with E-state index in [0.717, 1.165) is 17.3 Å². The van der Waals surface area contributed by atoms with Gasteiger partial charge in [-0.1, -0.05) is 50.0 Å². The normalized spacial score (nSPS) is 18.2. The van der Waals surface area contributed by atoms with E-state index >= 15 is 0 Å². The Balaban J connectivity index is 2.38. The Morgan fingerprint density at radius 2 is 1.88 bits per heavy atom. The van der Waals surface area contributed by atoms with Gasteiger partial charge in [0.2, 0.25) is 0 Å². The van der Waals surface area contributed by atoms with Gasteiger partial charge in [0.15, 0.2) is 0 Å². The number of aromatic hydroxyl groups is 1. The van der Waals surface area contributed by atoms with Crippen molar-refractivity contribution < 1.29 is 19.8 Å². The van der Waals surface area contributed by atoms with E-state index in [-0.39, 0.29) is 21.9 Å². The van der Waals surface area contributed by atoms with Crippen molar-refractivity contribution in [1.82, 2.24) is 4.90 Å². The number of thiocarbonyl (C=S) groups is 1. The largest absolute Gasteiger partial charge is 0.508 e. The molecule has 1 amide bonds. The van der Waals surface area contributed by atoms with Crippen LogP contribution >= 0.6 is 24.0 Å². The Kier molecular flexibility index (Phi) is 5.66. The third kappa shape index (κ3) is 3.79. The first-order valence-corrected chi connectivity index (χ1v) is 8.73. The minimum atomic E-state index is -1.05. The number of benzene rings is 1. The molecule has 2 N–H and O–H groups in total. The average Bonchev–Trinajstić information content (AvgIpc) is 2.79. The van der Waals surface area contributed by atoms with E-state index in [1.165, 1.54) is 4.90 Å². The summed E-state index contributed by atoms with van der Waals surface area (Å²) in [5.74, 6) is -1.16. The van der Waals surface area contributed by atoms with Crippen LogP contribution in [0.2, 0.25) is 0 Å². The molecule has 5 nitrogen and oxygen atoms in total. The minimum Gasteiger partial charge on any atom is -0.508 e. The van der Waals surface area contributed by atoms with Gasteiger partial charge in [0.05, 0.1) is 4.91 Å². The number of carbonyl (C=O) groups is 2. The highest BCUT2D eigenvalue weighted by atomic mass is 32.2. The molecule has 2 rings (SSSR count). The van der Waals surface area contributed by atoms with Gasteiger partial charge in [0, 0.05) is 0 Å².